The highest BCUT2D eigenvalue weighted by molar-refractivity contribution is 5.48. The molecule has 1 N–H and O–H groups in total. The first-order valence-corrected chi connectivity index (χ1v) is 8.95. The van der Waals surface area contributed by atoms with Crippen molar-refractivity contribution in [2.24, 2.45) is 0 Å². The van der Waals surface area contributed by atoms with Gasteiger partial charge in [-0.15, -0.1) is 0 Å². The summed E-state index contributed by atoms with van der Waals surface area (Å²) in [7, 11) is 0. The van der Waals surface area contributed by atoms with Crippen LogP contribution in [-0.2, 0) is 26.0 Å². The molecule has 134 valence electrons. The van der Waals surface area contributed by atoms with E-state index in [0.717, 1.165) is 41.3 Å². The number of ether oxygens (including phenoxy) is 1. The Morgan fingerprint density at radius 1 is 1.08 bits per heavy atom. The van der Waals surface area contributed by atoms with Crippen LogP contribution in [0.1, 0.15) is 35.4 Å². The van der Waals surface area contributed by atoms with Gasteiger partial charge in [-0.1, -0.05) is 23.4 Å². The lowest BCUT2D eigenvalue weighted by atomic mass is 9.96. The highest BCUT2D eigenvalue weighted by Gasteiger charge is 2.18. The van der Waals surface area contributed by atoms with Gasteiger partial charge in [0.1, 0.15) is 29.6 Å². The Morgan fingerprint density at radius 2 is 1.92 bits per heavy atom. The molecule has 26 heavy (non-hydrogen) atoms. The Morgan fingerprint density at radius 3 is 2.81 bits per heavy atom. The van der Waals surface area contributed by atoms with Crippen LogP contribution in [0, 0.1) is 5.82 Å². The van der Waals surface area contributed by atoms with E-state index < -0.39 is 0 Å². The molecule has 3 aromatic rings. The van der Waals surface area contributed by atoms with Crippen molar-refractivity contribution in [2.45, 2.75) is 38.8 Å². The number of benzene rings is 2. The SMILES string of the molecule is Fc1ccc(COc2cccc(NCc3noc4c3CCCC4)c2)cc1. The number of rotatable bonds is 6. The van der Waals surface area contributed by atoms with Crippen LogP contribution < -0.4 is 10.1 Å². The summed E-state index contributed by atoms with van der Waals surface area (Å²) < 4.78 is 24.2. The molecule has 0 fully saturated rings. The molecule has 0 atom stereocenters. The van der Waals surface area contributed by atoms with Gasteiger partial charge < -0.3 is 14.6 Å². The third-order valence-electron chi connectivity index (χ3n) is 4.64. The molecule has 4 nitrogen and oxygen atoms in total. The number of nitrogens with one attached hydrogen (secondary N) is 1. The van der Waals surface area contributed by atoms with Crippen molar-refractivity contribution in [2.75, 3.05) is 5.32 Å². The lowest BCUT2D eigenvalue weighted by molar-refractivity contribution is 0.306. The van der Waals surface area contributed by atoms with E-state index in [0.29, 0.717) is 13.2 Å². The van der Waals surface area contributed by atoms with E-state index in [9.17, 15) is 4.39 Å². The molecule has 0 aliphatic heterocycles. The Balaban J connectivity index is 1.36. The van der Waals surface area contributed by atoms with Crippen LogP contribution >= 0.6 is 0 Å². The van der Waals surface area contributed by atoms with E-state index in [1.54, 1.807) is 12.1 Å². The zero-order chi connectivity index (χ0) is 17.8. The van der Waals surface area contributed by atoms with Crippen LogP contribution in [0.25, 0.3) is 0 Å². The van der Waals surface area contributed by atoms with E-state index >= 15 is 0 Å². The minimum atomic E-state index is -0.241. The number of aromatic nitrogens is 1. The van der Waals surface area contributed by atoms with Gasteiger partial charge in [0.05, 0.1) is 6.54 Å². The number of halogens is 1. The summed E-state index contributed by atoms with van der Waals surface area (Å²) in [5.41, 5.74) is 4.16. The molecule has 1 aromatic heterocycles. The minimum Gasteiger partial charge on any atom is -0.489 e. The molecular formula is C21H21FN2O2. The van der Waals surface area contributed by atoms with E-state index in [4.69, 9.17) is 9.26 Å². The fraction of sp³-hybridized carbons (Fsp3) is 0.286. The van der Waals surface area contributed by atoms with E-state index in [2.05, 4.69) is 10.5 Å². The smallest absolute Gasteiger partial charge is 0.140 e. The lowest BCUT2D eigenvalue weighted by Gasteiger charge is -2.11. The monoisotopic (exact) mass is 352 g/mol. The molecule has 2 aromatic carbocycles. The molecule has 0 saturated heterocycles. The van der Waals surface area contributed by atoms with Crippen molar-refractivity contribution < 1.29 is 13.7 Å². The third kappa shape index (κ3) is 3.87. The molecular weight excluding hydrogens is 331 g/mol. The number of aryl methyl sites for hydroxylation is 1. The van der Waals surface area contributed by atoms with Gasteiger partial charge in [0, 0.05) is 23.7 Å². The summed E-state index contributed by atoms with van der Waals surface area (Å²) in [6, 6.07) is 14.1. The predicted molar refractivity (Wildman–Crippen MR) is 97.6 cm³/mol. The first-order valence-electron chi connectivity index (χ1n) is 8.95. The van der Waals surface area contributed by atoms with Gasteiger partial charge >= 0.3 is 0 Å². The number of hydrogen-bond donors (Lipinski definition) is 1. The second-order valence-corrected chi connectivity index (χ2v) is 6.53. The second kappa shape index (κ2) is 7.60. The third-order valence-corrected chi connectivity index (χ3v) is 4.64. The topological polar surface area (TPSA) is 47.3 Å². The first-order chi connectivity index (χ1) is 12.8. The zero-order valence-corrected chi connectivity index (χ0v) is 14.5. The van der Waals surface area contributed by atoms with Crippen LogP contribution in [0.4, 0.5) is 10.1 Å². The van der Waals surface area contributed by atoms with E-state index in [1.807, 2.05) is 24.3 Å². The van der Waals surface area contributed by atoms with Gasteiger partial charge in [0.25, 0.3) is 0 Å². The summed E-state index contributed by atoms with van der Waals surface area (Å²) in [6.45, 7) is 1.04. The van der Waals surface area contributed by atoms with Gasteiger partial charge in [-0.25, -0.2) is 4.39 Å². The molecule has 0 radical (unpaired) electrons. The van der Waals surface area contributed by atoms with Gasteiger partial charge in [-0.2, -0.15) is 0 Å². The molecule has 0 spiro atoms. The molecule has 1 heterocycles. The van der Waals surface area contributed by atoms with Crippen molar-refractivity contribution >= 4 is 5.69 Å². The van der Waals surface area contributed by atoms with Crippen LogP contribution in [0.15, 0.2) is 53.1 Å². The highest BCUT2D eigenvalue weighted by Crippen LogP contribution is 2.25. The normalized spacial score (nSPS) is 13.3. The molecule has 0 saturated carbocycles. The molecule has 0 bridgehead atoms. The molecule has 5 heteroatoms. The van der Waals surface area contributed by atoms with Crippen molar-refractivity contribution in [1.29, 1.82) is 0 Å². The largest absolute Gasteiger partial charge is 0.489 e. The Bertz CT molecular complexity index is 874. The fourth-order valence-corrected chi connectivity index (χ4v) is 3.22. The quantitative estimate of drug-likeness (QED) is 0.686. The van der Waals surface area contributed by atoms with Crippen molar-refractivity contribution in [1.82, 2.24) is 5.16 Å². The maximum atomic E-state index is 12.9. The number of anilines is 1. The van der Waals surface area contributed by atoms with E-state index in [1.165, 1.54) is 30.5 Å². The summed E-state index contributed by atoms with van der Waals surface area (Å²) in [6.07, 6.45) is 4.43. The van der Waals surface area contributed by atoms with Crippen molar-refractivity contribution in [3.8, 4) is 5.75 Å². The highest BCUT2D eigenvalue weighted by atomic mass is 19.1. The summed E-state index contributed by atoms with van der Waals surface area (Å²) in [5.74, 6) is 1.57. The molecule has 4 rings (SSSR count). The number of nitrogens with zero attached hydrogens (tertiary/aromatic N) is 1. The molecule has 0 amide bonds. The molecule has 1 aliphatic carbocycles. The van der Waals surface area contributed by atoms with E-state index in [-0.39, 0.29) is 5.82 Å². The average molecular weight is 352 g/mol. The van der Waals surface area contributed by atoms with Gasteiger partial charge in [-0.3, -0.25) is 0 Å². The Kier molecular flexibility index (Phi) is 4.86. The number of fused-ring (bicyclic) bond motifs is 1. The predicted octanol–water partition coefficient (Wildman–Crippen LogP) is 4.88. The standard InChI is InChI=1S/C21H21FN2O2/c22-16-10-8-15(9-11-16)14-25-18-5-3-4-17(12-18)23-13-20-19-6-1-2-7-21(19)26-24-20/h3-5,8-12,23H,1-2,6-7,13-14H2. The molecule has 1 aliphatic rings. The van der Waals surface area contributed by atoms with Gasteiger partial charge in [0.15, 0.2) is 0 Å². The first kappa shape index (κ1) is 16.6. The van der Waals surface area contributed by atoms with Crippen molar-refractivity contribution in [3.05, 3.63) is 76.9 Å². The number of hydrogen-bond acceptors (Lipinski definition) is 4. The van der Waals surface area contributed by atoms with Gasteiger partial charge in [0.2, 0.25) is 0 Å². The van der Waals surface area contributed by atoms with Crippen LogP contribution in [0.2, 0.25) is 0 Å². The van der Waals surface area contributed by atoms with Crippen LogP contribution in [-0.4, -0.2) is 5.16 Å². The Labute approximate surface area is 152 Å². The fourth-order valence-electron chi connectivity index (χ4n) is 3.22. The second-order valence-electron chi connectivity index (χ2n) is 6.53. The molecule has 0 unspecified atom stereocenters. The lowest BCUT2D eigenvalue weighted by Crippen LogP contribution is -2.06. The maximum Gasteiger partial charge on any atom is 0.140 e. The van der Waals surface area contributed by atoms with Crippen LogP contribution in [0.3, 0.4) is 0 Å². The van der Waals surface area contributed by atoms with Crippen molar-refractivity contribution in [3.63, 3.8) is 0 Å². The Hall–Kier alpha value is -2.82. The summed E-state index contributed by atoms with van der Waals surface area (Å²) in [5, 5.41) is 7.61. The zero-order valence-electron chi connectivity index (χ0n) is 14.5. The maximum absolute atomic E-state index is 12.9. The summed E-state index contributed by atoms with van der Waals surface area (Å²) in [4.78, 5) is 0. The van der Waals surface area contributed by atoms with Crippen LogP contribution in [0.5, 0.6) is 5.75 Å². The average Bonchev–Trinajstić information content (AvgIpc) is 3.09. The summed E-state index contributed by atoms with van der Waals surface area (Å²) >= 11 is 0. The van der Waals surface area contributed by atoms with Gasteiger partial charge in [-0.05, 0) is 49.1 Å². The minimum absolute atomic E-state index is 0.241.